The second-order valence-corrected chi connectivity index (χ2v) is 4.17. The maximum atomic E-state index is 11.8. The van der Waals surface area contributed by atoms with E-state index in [2.05, 4.69) is 15.6 Å². The second kappa shape index (κ2) is 6.03. The molecule has 3 N–H and O–H groups in total. The zero-order valence-electron chi connectivity index (χ0n) is 10.1. The number of para-hydroxylation sites is 1. The van der Waals surface area contributed by atoms with Gasteiger partial charge in [-0.25, -0.2) is 14.6 Å². The maximum Gasteiger partial charge on any atom is 0.339 e. The molecular weight excluding hydrogens is 282 g/mol. The number of hydrogen-bond donors (Lipinski definition) is 3. The Morgan fingerprint density at radius 1 is 1.10 bits per heavy atom. The number of aromatic nitrogens is 1. The highest BCUT2D eigenvalue weighted by molar-refractivity contribution is 6.33. The van der Waals surface area contributed by atoms with Crippen LogP contribution in [0.4, 0.5) is 16.3 Å². The van der Waals surface area contributed by atoms with Crippen LogP contribution in [0, 0.1) is 0 Å². The molecule has 0 unspecified atom stereocenters. The lowest BCUT2D eigenvalue weighted by Crippen LogP contribution is -2.22. The van der Waals surface area contributed by atoms with E-state index >= 15 is 0 Å². The lowest BCUT2D eigenvalue weighted by atomic mass is 10.2. The highest BCUT2D eigenvalue weighted by Gasteiger charge is 2.13. The number of nitrogens with zero attached hydrogens (tertiary/aromatic N) is 1. The topological polar surface area (TPSA) is 91.3 Å². The molecular formula is C13H10ClN3O3. The van der Waals surface area contributed by atoms with Gasteiger partial charge < -0.3 is 10.4 Å². The van der Waals surface area contributed by atoms with Crippen LogP contribution >= 0.6 is 11.6 Å². The fourth-order valence-corrected chi connectivity index (χ4v) is 1.68. The van der Waals surface area contributed by atoms with Crippen LogP contribution < -0.4 is 10.6 Å². The summed E-state index contributed by atoms with van der Waals surface area (Å²) in [6.45, 7) is 0. The predicted octanol–water partition coefficient (Wildman–Crippen LogP) is 3.08. The summed E-state index contributed by atoms with van der Waals surface area (Å²) < 4.78 is 0. The van der Waals surface area contributed by atoms with E-state index in [1.807, 2.05) is 0 Å². The number of carboxylic acid groups (broad SMARTS) is 1. The van der Waals surface area contributed by atoms with Crippen molar-refractivity contribution in [2.24, 2.45) is 0 Å². The normalized spacial score (nSPS) is 9.85. The molecule has 0 spiro atoms. The van der Waals surface area contributed by atoms with E-state index < -0.39 is 12.0 Å². The van der Waals surface area contributed by atoms with Crippen LogP contribution in [0.5, 0.6) is 0 Å². The number of aromatic carboxylic acids is 1. The van der Waals surface area contributed by atoms with E-state index in [9.17, 15) is 9.59 Å². The first-order valence-electron chi connectivity index (χ1n) is 5.59. The highest BCUT2D eigenvalue weighted by Crippen LogP contribution is 2.20. The number of benzene rings is 1. The van der Waals surface area contributed by atoms with Crippen molar-refractivity contribution < 1.29 is 14.7 Å². The van der Waals surface area contributed by atoms with Crippen LogP contribution in [0.1, 0.15) is 10.4 Å². The van der Waals surface area contributed by atoms with E-state index in [0.717, 1.165) is 0 Å². The van der Waals surface area contributed by atoms with Crippen molar-refractivity contribution in [1.29, 1.82) is 0 Å². The molecule has 1 aromatic carbocycles. The molecule has 2 aromatic rings. The maximum absolute atomic E-state index is 11.8. The molecule has 2 amide bonds. The molecule has 1 heterocycles. The van der Waals surface area contributed by atoms with Crippen molar-refractivity contribution in [3.05, 3.63) is 53.2 Å². The number of pyridine rings is 1. The average Bonchev–Trinajstić information content (AvgIpc) is 2.41. The molecule has 20 heavy (non-hydrogen) atoms. The summed E-state index contributed by atoms with van der Waals surface area (Å²) in [5.41, 5.74) is 0.321. The average molecular weight is 292 g/mol. The van der Waals surface area contributed by atoms with Crippen LogP contribution in [0.2, 0.25) is 5.02 Å². The first-order chi connectivity index (χ1) is 9.58. The molecule has 0 saturated heterocycles. The van der Waals surface area contributed by atoms with E-state index in [0.29, 0.717) is 10.7 Å². The van der Waals surface area contributed by atoms with Gasteiger partial charge in [-0.2, -0.15) is 0 Å². The lowest BCUT2D eigenvalue weighted by molar-refractivity contribution is 0.0697. The number of carbonyl (C=O) groups is 2. The lowest BCUT2D eigenvalue weighted by Gasteiger charge is -2.09. The van der Waals surface area contributed by atoms with Crippen molar-refractivity contribution in [3.8, 4) is 0 Å². The van der Waals surface area contributed by atoms with Gasteiger partial charge in [0.2, 0.25) is 0 Å². The minimum absolute atomic E-state index is 0.0375. The van der Waals surface area contributed by atoms with E-state index in [1.54, 1.807) is 24.3 Å². The summed E-state index contributed by atoms with van der Waals surface area (Å²) in [5.74, 6) is -1.21. The minimum atomic E-state index is -1.17. The Labute approximate surface area is 119 Å². The number of carbonyl (C=O) groups excluding carboxylic acids is 1. The molecule has 0 saturated carbocycles. The zero-order chi connectivity index (χ0) is 14.5. The third kappa shape index (κ3) is 3.24. The van der Waals surface area contributed by atoms with Gasteiger partial charge in [0.05, 0.1) is 10.7 Å². The molecule has 0 aliphatic rings. The molecule has 0 aliphatic heterocycles. The Morgan fingerprint density at radius 3 is 2.55 bits per heavy atom. The van der Waals surface area contributed by atoms with Crippen molar-refractivity contribution >= 4 is 35.1 Å². The summed E-state index contributed by atoms with van der Waals surface area (Å²) in [5, 5.41) is 14.2. The third-order valence-electron chi connectivity index (χ3n) is 2.39. The number of halogens is 1. The standard InChI is InChI=1S/C13H10ClN3O3/c14-9-5-1-2-6-10(9)16-13(20)17-11-8(12(18)19)4-3-7-15-11/h1-7H,(H,18,19)(H2,15,16,17,20). The molecule has 7 heteroatoms. The largest absolute Gasteiger partial charge is 0.478 e. The second-order valence-electron chi connectivity index (χ2n) is 3.76. The smallest absolute Gasteiger partial charge is 0.339 e. The summed E-state index contributed by atoms with van der Waals surface area (Å²) in [6.07, 6.45) is 1.39. The van der Waals surface area contributed by atoms with E-state index in [-0.39, 0.29) is 11.4 Å². The number of anilines is 2. The van der Waals surface area contributed by atoms with Gasteiger partial charge in [0.25, 0.3) is 0 Å². The van der Waals surface area contributed by atoms with Crippen LogP contribution in [0.25, 0.3) is 0 Å². The predicted molar refractivity (Wildman–Crippen MR) is 75.3 cm³/mol. The van der Waals surface area contributed by atoms with Crippen molar-refractivity contribution in [2.75, 3.05) is 10.6 Å². The monoisotopic (exact) mass is 291 g/mol. The number of urea groups is 1. The van der Waals surface area contributed by atoms with Gasteiger partial charge in [0.15, 0.2) is 0 Å². The van der Waals surface area contributed by atoms with Crippen LogP contribution in [-0.4, -0.2) is 22.1 Å². The van der Waals surface area contributed by atoms with Gasteiger partial charge in [-0.15, -0.1) is 0 Å². The molecule has 0 fully saturated rings. The summed E-state index contributed by atoms with van der Waals surface area (Å²) in [7, 11) is 0. The molecule has 0 aliphatic carbocycles. The van der Waals surface area contributed by atoms with E-state index in [4.69, 9.17) is 16.7 Å². The number of amides is 2. The van der Waals surface area contributed by atoms with Crippen LogP contribution in [-0.2, 0) is 0 Å². The highest BCUT2D eigenvalue weighted by atomic mass is 35.5. The molecule has 6 nitrogen and oxygen atoms in total. The van der Waals surface area contributed by atoms with Gasteiger partial charge in [-0.1, -0.05) is 23.7 Å². The Hall–Kier alpha value is -2.60. The number of hydrogen-bond acceptors (Lipinski definition) is 3. The summed E-state index contributed by atoms with van der Waals surface area (Å²) in [4.78, 5) is 26.6. The van der Waals surface area contributed by atoms with Crippen molar-refractivity contribution in [2.45, 2.75) is 0 Å². The summed E-state index contributed by atoms with van der Waals surface area (Å²) in [6, 6.07) is 8.89. The summed E-state index contributed by atoms with van der Waals surface area (Å²) >= 11 is 5.90. The first-order valence-corrected chi connectivity index (χ1v) is 5.96. The molecule has 102 valence electrons. The number of nitrogens with one attached hydrogen (secondary N) is 2. The van der Waals surface area contributed by atoms with Gasteiger partial charge in [-0.3, -0.25) is 5.32 Å². The van der Waals surface area contributed by atoms with Crippen molar-refractivity contribution in [1.82, 2.24) is 4.98 Å². The van der Waals surface area contributed by atoms with Crippen molar-refractivity contribution in [3.63, 3.8) is 0 Å². The van der Waals surface area contributed by atoms with E-state index in [1.165, 1.54) is 18.3 Å². The molecule has 2 rings (SSSR count). The molecule has 1 aromatic heterocycles. The Morgan fingerprint density at radius 2 is 1.85 bits per heavy atom. The molecule has 0 radical (unpaired) electrons. The number of rotatable bonds is 3. The Balaban J connectivity index is 2.13. The number of carboxylic acids is 1. The first kappa shape index (κ1) is 13.8. The Bertz CT molecular complexity index is 661. The fraction of sp³-hybridized carbons (Fsp3) is 0. The van der Waals surface area contributed by atoms with Gasteiger partial charge in [0, 0.05) is 6.20 Å². The zero-order valence-corrected chi connectivity index (χ0v) is 10.9. The molecule has 0 atom stereocenters. The molecule has 0 bridgehead atoms. The third-order valence-corrected chi connectivity index (χ3v) is 2.72. The van der Waals surface area contributed by atoms with Gasteiger partial charge in [0.1, 0.15) is 11.4 Å². The van der Waals surface area contributed by atoms with Gasteiger partial charge in [-0.05, 0) is 24.3 Å². The quantitative estimate of drug-likeness (QED) is 0.810. The fourth-order valence-electron chi connectivity index (χ4n) is 1.50. The van der Waals surface area contributed by atoms with Crippen LogP contribution in [0.3, 0.4) is 0 Å². The van der Waals surface area contributed by atoms with Gasteiger partial charge >= 0.3 is 12.0 Å². The SMILES string of the molecule is O=C(Nc1ccccc1Cl)Nc1ncccc1C(=O)O. The Kier molecular flexibility index (Phi) is 4.17. The minimum Gasteiger partial charge on any atom is -0.478 e. The van der Waals surface area contributed by atoms with Crippen LogP contribution in [0.15, 0.2) is 42.6 Å².